The van der Waals surface area contributed by atoms with Gasteiger partial charge in [0.25, 0.3) is 0 Å². The fourth-order valence-corrected chi connectivity index (χ4v) is 0.439. The van der Waals surface area contributed by atoms with Crippen LogP contribution in [0, 0.1) is 12.3 Å². The Morgan fingerprint density at radius 2 is 2.40 bits per heavy atom. The van der Waals surface area contributed by atoms with Gasteiger partial charge in [-0.2, -0.15) is 0 Å². The van der Waals surface area contributed by atoms with Gasteiger partial charge in [0.2, 0.25) is 5.91 Å². The summed E-state index contributed by atoms with van der Waals surface area (Å²) < 4.78 is 0. The van der Waals surface area contributed by atoms with Crippen molar-refractivity contribution in [2.45, 2.75) is 13.0 Å². The van der Waals surface area contributed by atoms with Crippen molar-refractivity contribution in [1.82, 2.24) is 4.90 Å². The zero-order valence-corrected chi connectivity index (χ0v) is 6.16. The molecule has 1 unspecified atom stereocenters. The Balaban J connectivity index is 3.97. The Labute approximate surface area is 60.6 Å². The molecule has 3 heteroatoms. The van der Waals surface area contributed by atoms with Gasteiger partial charge in [-0.1, -0.05) is 5.92 Å². The lowest BCUT2D eigenvalue weighted by Crippen LogP contribution is -2.35. The van der Waals surface area contributed by atoms with Crippen molar-refractivity contribution in [3.63, 3.8) is 0 Å². The van der Waals surface area contributed by atoms with Gasteiger partial charge < -0.3 is 10.0 Å². The summed E-state index contributed by atoms with van der Waals surface area (Å²) in [7, 11) is 1.56. The highest BCUT2D eigenvalue weighted by molar-refractivity contribution is 5.77. The molecule has 0 aliphatic rings. The molecule has 0 bridgehead atoms. The second kappa shape index (κ2) is 3.91. The van der Waals surface area contributed by atoms with E-state index in [1.54, 1.807) is 14.0 Å². The Hall–Kier alpha value is -1.01. The molecular formula is C7H11NO2. The normalized spacial score (nSPS) is 11.8. The number of rotatable bonds is 2. The van der Waals surface area contributed by atoms with Crippen LogP contribution < -0.4 is 0 Å². The second-order valence-corrected chi connectivity index (χ2v) is 2.01. The zero-order valence-electron chi connectivity index (χ0n) is 6.16. The molecule has 1 amide bonds. The zero-order chi connectivity index (χ0) is 8.15. The number of amides is 1. The highest BCUT2D eigenvalue weighted by Gasteiger charge is 2.10. The molecule has 1 N–H and O–H groups in total. The maximum absolute atomic E-state index is 10.7. The summed E-state index contributed by atoms with van der Waals surface area (Å²) in [6.45, 7) is 1.23. The molecular weight excluding hydrogens is 130 g/mol. The lowest BCUT2D eigenvalue weighted by atomic mass is 10.3. The molecule has 10 heavy (non-hydrogen) atoms. The van der Waals surface area contributed by atoms with Crippen molar-refractivity contribution in [3.8, 4) is 12.3 Å². The highest BCUT2D eigenvalue weighted by atomic mass is 16.3. The van der Waals surface area contributed by atoms with E-state index in [1.807, 2.05) is 0 Å². The molecule has 0 aromatic rings. The summed E-state index contributed by atoms with van der Waals surface area (Å²) in [6.07, 6.45) is 5.04. The lowest BCUT2D eigenvalue weighted by molar-refractivity contribution is -0.133. The molecule has 0 aliphatic heterocycles. The van der Waals surface area contributed by atoms with Gasteiger partial charge in [0.05, 0.1) is 6.04 Å². The largest absolute Gasteiger partial charge is 0.387 e. The van der Waals surface area contributed by atoms with Crippen molar-refractivity contribution < 1.29 is 9.90 Å². The van der Waals surface area contributed by atoms with Gasteiger partial charge in [0, 0.05) is 7.05 Å². The third kappa shape index (κ3) is 2.08. The van der Waals surface area contributed by atoms with Gasteiger partial charge in [-0.15, -0.1) is 6.42 Å². The van der Waals surface area contributed by atoms with Gasteiger partial charge in [-0.25, -0.2) is 0 Å². The SMILES string of the molecule is C#CC(C)N(C)C(=O)CO. The first kappa shape index (κ1) is 8.99. The fraction of sp³-hybridized carbons (Fsp3) is 0.571. The van der Waals surface area contributed by atoms with E-state index in [4.69, 9.17) is 11.5 Å². The van der Waals surface area contributed by atoms with E-state index >= 15 is 0 Å². The Bertz CT molecular complexity index is 159. The summed E-state index contributed by atoms with van der Waals surface area (Å²) in [4.78, 5) is 12.0. The smallest absolute Gasteiger partial charge is 0.249 e. The van der Waals surface area contributed by atoms with Gasteiger partial charge in [-0.3, -0.25) is 4.79 Å². The van der Waals surface area contributed by atoms with Crippen LogP contribution in [-0.4, -0.2) is 35.6 Å². The van der Waals surface area contributed by atoms with Crippen molar-refractivity contribution in [2.75, 3.05) is 13.7 Å². The van der Waals surface area contributed by atoms with Crippen molar-refractivity contribution in [3.05, 3.63) is 0 Å². The van der Waals surface area contributed by atoms with Crippen LogP contribution in [0.2, 0.25) is 0 Å². The molecule has 0 aromatic carbocycles. The van der Waals surface area contributed by atoms with Crippen LogP contribution in [-0.2, 0) is 4.79 Å². The second-order valence-electron chi connectivity index (χ2n) is 2.01. The molecule has 0 spiro atoms. The molecule has 0 radical (unpaired) electrons. The van der Waals surface area contributed by atoms with Gasteiger partial charge in [-0.05, 0) is 6.92 Å². The molecule has 1 atom stereocenters. The number of aliphatic hydroxyl groups is 1. The number of carbonyl (C=O) groups is 1. The van der Waals surface area contributed by atoms with Crippen molar-refractivity contribution in [1.29, 1.82) is 0 Å². The van der Waals surface area contributed by atoms with Crippen LogP contribution in [0.3, 0.4) is 0 Å². The minimum absolute atomic E-state index is 0.250. The van der Waals surface area contributed by atoms with E-state index in [1.165, 1.54) is 4.90 Å². The Morgan fingerprint density at radius 3 is 2.70 bits per heavy atom. The van der Waals surface area contributed by atoms with E-state index in [9.17, 15) is 4.79 Å². The maximum Gasteiger partial charge on any atom is 0.249 e. The molecule has 0 heterocycles. The topological polar surface area (TPSA) is 40.5 Å². The summed E-state index contributed by atoms with van der Waals surface area (Å²) >= 11 is 0. The lowest BCUT2D eigenvalue weighted by Gasteiger charge is -2.18. The number of nitrogens with zero attached hydrogens (tertiary/aromatic N) is 1. The molecule has 0 aromatic heterocycles. The quantitative estimate of drug-likeness (QED) is 0.525. The summed E-state index contributed by atoms with van der Waals surface area (Å²) in [5.74, 6) is 2.02. The van der Waals surface area contributed by atoms with Crippen molar-refractivity contribution in [2.24, 2.45) is 0 Å². The van der Waals surface area contributed by atoms with Crippen LogP contribution in [0.4, 0.5) is 0 Å². The predicted octanol–water partition coefficient (Wildman–Crippen LogP) is -0.541. The Kier molecular flexibility index (Phi) is 3.52. The molecule has 0 rings (SSSR count). The number of hydrogen-bond acceptors (Lipinski definition) is 2. The van der Waals surface area contributed by atoms with Crippen molar-refractivity contribution >= 4 is 5.91 Å². The monoisotopic (exact) mass is 141 g/mol. The Morgan fingerprint density at radius 1 is 1.90 bits per heavy atom. The number of hydrogen-bond donors (Lipinski definition) is 1. The van der Waals surface area contributed by atoms with E-state index in [2.05, 4.69) is 5.92 Å². The summed E-state index contributed by atoms with van der Waals surface area (Å²) in [5.41, 5.74) is 0. The maximum atomic E-state index is 10.7. The third-order valence-electron chi connectivity index (χ3n) is 1.35. The number of likely N-dealkylation sites (N-methyl/N-ethyl adjacent to an activating group) is 1. The van der Waals surface area contributed by atoms with Gasteiger partial charge >= 0.3 is 0 Å². The first-order valence-electron chi connectivity index (χ1n) is 2.96. The number of terminal acetylenes is 1. The molecule has 0 aliphatic carbocycles. The average Bonchev–Trinajstić information content (AvgIpc) is 2.00. The highest BCUT2D eigenvalue weighted by Crippen LogP contribution is 1.92. The van der Waals surface area contributed by atoms with Gasteiger partial charge in [0.15, 0.2) is 0 Å². The molecule has 3 nitrogen and oxygen atoms in total. The predicted molar refractivity (Wildman–Crippen MR) is 38.2 cm³/mol. The van der Waals surface area contributed by atoms with E-state index in [0.29, 0.717) is 0 Å². The molecule has 0 saturated heterocycles. The standard InChI is InChI=1S/C7H11NO2/c1-4-6(2)8(3)7(10)5-9/h1,6,9H,5H2,2-3H3. The van der Waals surface area contributed by atoms with Crippen LogP contribution in [0.1, 0.15) is 6.92 Å². The van der Waals surface area contributed by atoms with E-state index in [0.717, 1.165) is 0 Å². The molecule has 0 saturated carbocycles. The van der Waals surface area contributed by atoms with E-state index < -0.39 is 6.61 Å². The average molecular weight is 141 g/mol. The third-order valence-corrected chi connectivity index (χ3v) is 1.35. The molecule has 0 fully saturated rings. The minimum atomic E-state index is -0.484. The van der Waals surface area contributed by atoms with Gasteiger partial charge in [0.1, 0.15) is 6.61 Å². The molecule has 56 valence electrons. The van der Waals surface area contributed by atoms with Crippen LogP contribution in [0.5, 0.6) is 0 Å². The minimum Gasteiger partial charge on any atom is -0.387 e. The number of carbonyl (C=O) groups excluding carboxylic acids is 1. The summed E-state index contributed by atoms with van der Waals surface area (Å²) in [6, 6.07) is -0.250. The fourth-order valence-electron chi connectivity index (χ4n) is 0.439. The van der Waals surface area contributed by atoms with Crippen LogP contribution >= 0.6 is 0 Å². The van der Waals surface area contributed by atoms with Crippen LogP contribution in [0.25, 0.3) is 0 Å². The first-order valence-corrected chi connectivity index (χ1v) is 2.96. The summed E-state index contributed by atoms with van der Waals surface area (Å²) in [5, 5.41) is 8.39. The van der Waals surface area contributed by atoms with Crippen LogP contribution in [0.15, 0.2) is 0 Å². The number of aliphatic hydroxyl groups excluding tert-OH is 1. The van der Waals surface area contributed by atoms with E-state index in [-0.39, 0.29) is 11.9 Å². The first-order chi connectivity index (χ1) is 4.63.